The quantitative estimate of drug-likeness (QED) is 0.770. The van der Waals surface area contributed by atoms with Gasteiger partial charge >= 0.3 is 5.97 Å². The van der Waals surface area contributed by atoms with Gasteiger partial charge in [0.05, 0.1) is 11.8 Å². The van der Waals surface area contributed by atoms with Crippen molar-refractivity contribution in [2.24, 2.45) is 0 Å². The van der Waals surface area contributed by atoms with E-state index in [1.807, 2.05) is 0 Å². The Kier molecular flexibility index (Phi) is 6.19. The van der Waals surface area contributed by atoms with Crippen LogP contribution in [0.25, 0.3) is 0 Å². The third kappa shape index (κ3) is 5.05. The van der Waals surface area contributed by atoms with Crippen LogP contribution in [0.3, 0.4) is 0 Å². The summed E-state index contributed by atoms with van der Waals surface area (Å²) in [4.78, 5) is 30.1. The second-order valence-corrected chi connectivity index (χ2v) is 6.19. The summed E-state index contributed by atoms with van der Waals surface area (Å²) in [7, 11) is 0. The maximum absolute atomic E-state index is 12.2. The summed E-state index contributed by atoms with van der Waals surface area (Å²) in [6, 6.07) is 10.2. The second-order valence-electron chi connectivity index (χ2n) is 6.19. The molecule has 0 N–H and O–H groups in total. The summed E-state index contributed by atoms with van der Waals surface area (Å²) in [6.45, 7) is 1.28. The molecule has 6 heteroatoms. The molecule has 0 radical (unpaired) electrons. The van der Waals surface area contributed by atoms with Gasteiger partial charge in [-0.1, -0.05) is 12.8 Å². The molecule has 1 amide bonds. The third-order valence-corrected chi connectivity index (χ3v) is 4.25. The molecule has 1 aliphatic heterocycles. The van der Waals surface area contributed by atoms with Gasteiger partial charge in [0.25, 0.3) is 5.91 Å². The first kappa shape index (κ1) is 17.9. The zero-order valence-corrected chi connectivity index (χ0v) is 14.6. The zero-order valence-electron chi connectivity index (χ0n) is 14.6. The Hall–Kier alpha value is -2.89. The predicted octanol–water partition coefficient (Wildman–Crippen LogP) is 3.43. The van der Waals surface area contributed by atoms with Crippen molar-refractivity contribution in [1.29, 1.82) is 0 Å². The number of aromatic nitrogens is 1. The standard InChI is InChI=1S/C20H22N2O4/c23-19(22-12-3-1-2-4-13-22)15-25-20(24)16-7-9-17(10-8-16)26-18-6-5-11-21-14-18/h5-11,14H,1-4,12-13,15H2. The van der Waals surface area contributed by atoms with Crippen molar-refractivity contribution >= 4 is 11.9 Å². The highest BCUT2D eigenvalue weighted by Gasteiger charge is 2.17. The molecule has 1 fully saturated rings. The maximum Gasteiger partial charge on any atom is 0.338 e. The van der Waals surface area contributed by atoms with E-state index in [-0.39, 0.29) is 12.5 Å². The molecule has 2 heterocycles. The fourth-order valence-electron chi connectivity index (χ4n) is 2.82. The third-order valence-electron chi connectivity index (χ3n) is 4.25. The Morgan fingerprint density at radius 1 is 0.962 bits per heavy atom. The number of hydrogen-bond donors (Lipinski definition) is 0. The summed E-state index contributed by atoms with van der Waals surface area (Å²) in [6.07, 6.45) is 7.60. The van der Waals surface area contributed by atoms with E-state index in [0.29, 0.717) is 17.1 Å². The number of carbonyl (C=O) groups excluding carboxylic acids is 2. The second kappa shape index (κ2) is 8.99. The van der Waals surface area contributed by atoms with Gasteiger partial charge in [0.1, 0.15) is 11.5 Å². The first-order valence-corrected chi connectivity index (χ1v) is 8.85. The van der Waals surface area contributed by atoms with Crippen LogP contribution in [0.5, 0.6) is 11.5 Å². The molecular weight excluding hydrogens is 332 g/mol. The lowest BCUT2D eigenvalue weighted by Crippen LogP contribution is -2.35. The minimum atomic E-state index is -0.513. The van der Waals surface area contributed by atoms with Crippen molar-refractivity contribution in [3.8, 4) is 11.5 Å². The Labute approximate surface area is 152 Å². The van der Waals surface area contributed by atoms with Crippen molar-refractivity contribution < 1.29 is 19.1 Å². The highest BCUT2D eigenvalue weighted by Crippen LogP contribution is 2.20. The van der Waals surface area contributed by atoms with E-state index in [1.54, 1.807) is 53.7 Å². The first-order valence-electron chi connectivity index (χ1n) is 8.85. The van der Waals surface area contributed by atoms with Crippen LogP contribution in [0.2, 0.25) is 0 Å². The van der Waals surface area contributed by atoms with Gasteiger partial charge < -0.3 is 14.4 Å². The molecule has 26 heavy (non-hydrogen) atoms. The van der Waals surface area contributed by atoms with Crippen molar-refractivity contribution in [3.63, 3.8) is 0 Å². The number of carbonyl (C=O) groups is 2. The zero-order chi connectivity index (χ0) is 18.2. The van der Waals surface area contributed by atoms with Crippen LogP contribution in [0.4, 0.5) is 0 Å². The van der Waals surface area contributed by atoms with Gasteiger partial charge in [-0.05, 0) is 49.2 Å². The largest absolute Gasteiger partial charge is 0.456 e. The van der Waals surface area contributed by atoms with E-state index in [0.717, 1.165) is 38.8 Å². The highest BCUT2D eigenvalue weighted by molar-refractivity contribution is 5.91. The van der Waals surface area contributed by atoms with Crippen molar-refractivity contribution in [3.05, 3.63) is 54.4 Å². The van der Waals surface area contributed by atoms with E-state index in [1.165, 1.54) is 0 Å². The molecule has 6 nitrogen and oxygen atoms in total. The van der Waals surface area contributed by atoms with Crippen LogP contribution in [0.1, 0.15) is 36.0 Å². The number of esters is 1. The van der Waals surface area contributed by atoms with Crippen LogP contribution >= 0.6 is 0 Å². The molecule has 0 spiro atoms. The van der Waals surface area contributed by atoms with Gasteiger partial charge in [-0.2, -0.15) is 0 Å². The van der Waals surface area contributed by atoms with Gasteiger partial charge in [0, 0.05) is 19.3 Å². The lowest BCUT2D eigenvalue weighted by molar-refractivity contribution is -0.134. The van der Waals surface area contributed by atoms with E-state index >= 15 is 0 Å². The monoisotopic (exact) mass is 354 g/mol. The summed E-state index contributed by atoms with van der Waals surface area (Å²) >= 11 is 0. The number of nitrogens with zero attached hydrogens (tertiary/aromatic N) is 2. The molecule has 0 atom stereocenters. The number of benzene rings is 1. The lowest BCUT2D eigenvalue weighted by atomic mass is 10.2. The Morgan fingerprint density at radius 2 is 1.69 bits per heavy atom. The molecule has 0 bridgehead atoms. The van der Waals surface area contributed by atoms with E-state index in [4.69, 9.17) is 9.47 Å². The van der Waals surface area contributed by atoms with Gasteiger partial charge in [-0.15, -0.1) is 0 Å². The molecule has 136 valence electrons. The van der Waals surface area contributed by atoms with Crippen molar-refractivity contribution in [1.82, 2.24) is 9.88 Å². The molecule has 0 unspecified atom stereocenters. The van der Waals surface area contributed by atoms with E-state index < -0.39 is 5.97 Å². The van der Waals surface area contributed by atoms with E-state index in [9.17, 15) is 9.59 Å². The number of ether oxygens (including phenoxy) is 2. The number of amides is 1. The normalized spacial score (nSPS) is 14.4. The molecule has 0 saturated carbocycles. The fraction of sp³-hybridized carbons (Fsp3) is 0.350. The average Bonchev–Trinajstić information content (AvgIpc) is 2.97. The van der Waals surface area contributed by atoms with Crippen LogP contribution in [-0.2, 0) is 9.53 Å². The lowest BCUT2D eigenvalue weighted by Gasteiger charge is -2.19. The SMILES string of the molecule is O=C(OCC(=O)N1CCCCCC1)c1ccc(Oc2cccnc2)cc1. The minimum Gasteiger partial charge on any atom is -0.456 e. The van der Waals surface area contributed by atoms with Gasteiger partial charge in [-0.3, -0.25) is 9.78 Å². The fourth-order valence-corrected chi connectivity index (χ4v) is 2.82. The van der Waals surface area contributed by atoms with Crippen molar-refractivity contribution in [2.45, 2.75) is 25.7 Å². The molecule has 1 aliphatic rings. The number of likely N-dealkylation sites (tertiary alicyclic amines) is 1. The smallest absolute Gasteiger partial charge is 0.338 e. The minimum absolute atomic E-state index is 0.128. The van der Waals surface area contributed by atoms with Gasteiger partial charge in [0.2, 0.25) is 0 Å². The van der Waals surface area contributed by atoms with Crippen LogP contribution in [0.15, 0.2) is 48.8 Å². The first-order chi connectivity index (χ1) is 12.7. The predicted molar refractivity (Wildman–Crippen MR) is 96.1 cm³/mol. The summed E-state index contributed by atoms with van der Waals surface area (Å²) in [5, 5.41) is 0. The number of hydrogen-bond acceptors (Lipinski definition) is 5. The highest BCUT2D eigenvalue weighted by atomic mass is 16.5. The summed E-state index contributed by atoms with van der Waals surface area (Å²) in [5.41, 5.74) is 0.382. The number of pyridine rings is 1. The van der Waals surface area contributed by atoms with E-state index in [2.05, 4.69) is 4.98 Å². The maximum atomic E-state index is 12.2. The molecular formula is C20H22N2O4. The van der Waals surface area contributed by atoms with Crippen LogP contribution in [0, 0.1) is 0 Å². The number of rotatable bonds is 5. The van der Waals surface area contributed by atoms with Gasteiger partial charge in [-0.25, -0.2) is 4.79 Å². The summed E-state index contributed by atoms with van der Waals surface area (Å²) < 4.78 is 10.8. The molecule has 2 aromatic rings. The van der Waals surface area contributed by atoms with Crippen LogP contribution < -0.4 is 4.74 Å². The molecule has 0 aliphatic carbocycles. The molecule has 1 saturated heterocycles. The Morgan fingerprint density at radius 3 is 2.35 bits per heavy atom. The molecule has 1 aromatic carbocycles. The topological polar surface area (TPSA) is 68.7 Å². The molecule has 1 aromatic heterocycles. The Bertz CT molecular complexity index is 723. The van der Waals surface area contributed by atoms with Crippen molar-refractivity contribution in [2.75, 3.05) is 19.7 Å². The van der Waals surface area contributed by atoms with Crippen LogP contribution in [-0.4, -0.2) is 41.5 Å². The molecule has 3 rings (SSSR count). The van der Waals surface area contributed by atoms with Gasteiger partial charge in [0.15, 0.2) is 6.61 Å². The Balaban J connectivity index is 1.50. The average molecular weight is 354 g/mol. The summed E-state index contributed by atoms with van der Waals surface area (Å²) in [5.74, 6) is 0.568.